The van der Waals surface area contributed by atoms with E-state index in [1.807, 2.05) is 19.3 Å². The van der Waals surface area contributed by atoms with Gasteiger partial charge in [-0.3, -0.25) is 14.7 Å². The van der Waals surface area contributed by atoms with E-state index in [0.29, 0.717) is 40.2 Å². The fourth-order valence-electron chi connectivity index (χ4n) is 4.15. The lowest BCUT2D eigenvalue weighted by Gasteiger charge is -2.15. The quantitative estimate of drug-likeness (QED) is 0.446. The molecule has 1 aliphatic rings. The van der Waals surface area contributed by atoms with Gasteiger partial charge < -0.3 is 10.1 Å². The van der Waals surface area contributed by atoms with Crippen molar-refractivity contribution in [3.05, 3.63) is 78.0 Å². The van der Waals surface area contributed by atoms with Crippen molar-refractivity contribution in [2.75, 3.05) is 6.54 Å². The Hall–Kier alpha value is -4.40. The van der Waals surface area contributed by atoms with E-state index in [-0.39, 0.29) is 5.75 Å². The number of hydrogen-bond acceptors (Lipinski definition) is 6. The molecule has 0 radical (unpaired) electrons. The fourth-order valence-corrected chi connectivity index (χ4v) is 4.15. The Morgan fingerprint density at radius 1 is 1.06 bits per heavy atom. The Bertz CT molecular complexity index is 1550. The Kier molecular flexibility index (Phi) is 4.29. The van der Waals surface area contributed by atoms with E-state index in [2.05, 4.69) is 21.1 Å². The van der Waals surface area contributed by atoms with Gasteiger partial charge >= 0.3 is 0 Å². The molecule has 162 valence electrons. The molecule has 8 nitrogen and oxygen atoms in total. The summed E-state index contributed by atoms with van der Waals surface area (Å²) in [5, 5.41) is 14.1. The molecule has 0 saturated carbocycles. The maximum absolute atomic E-state index is 13.9. The number of benzene rings is 1. The summed E-state index contributed by atoms with van der Waals surface area (Å²) < 4.78 is 15.7. The number of nitrogens with one attached hydrogen (secondary N) is 1. The molecule has 0 unspecified atom stereocenters. The van der Waals surface area contributed by atoms with Crippen molar-refractivity contribution in [3.63, 3.8) is 0 Å². The third-order valence-corrected chi connectivity index (χ3v) is 5.67. The highest BCUT2D eigenvalue weighted by molar-refractivity contribution is 6.12. The monoisotopic (exact) mass is 439 g/mol. The predicted octanol–water partition coefficient (Wildman–Crippen LogP) is 3.66. The molecule has 6 rings (SSSR count). The summed E-state index contributed by atoms with van der Waals surface area (Å²) in [5.41, 5.74) is 6.68. The van der Waals surface area contributed by atoms with Crippen molar-refractivity contribution in [2.45, 2.75) is 6.42 Å². The molecule has 1 aromatic carbocycles. The molecule has 5 heterocycles. The molecule has 33 heavy (non-hydrogen) atoms. The molecule has 5 aromatic rings. The third kappa shape index (κ3) is 3.34. The number of nitrogens with zero attached hydrogens (tertiary/aromatic N) is 6. The zero-order valence-corrected chi connectivity index (χ0v) is 17.6. The van der Waals surface area contributed by atoms with E-state index < -0.39 is 5.82 Å². The first kappa shape index (κ1) is 19.3. The zero-order chi connectivity index (χ0) is 22.5. The van der Waals surface area contributed by atoms with E-state index in [1.165, 1.54) is 12.1 Å². The molecule has 0 saturated heterocycles. The van der Waals surface area contributed by atoms with Crippen molar-refractivity contribution in [1.82, 2.24) is 29.7 Å². The highest BCUT2D eigenvalue weighted by Crippen LogP contribution is 2.31. The fraction of sp³-hybridized carbons (Fsp3) is 0.125. The van der Waals surface area contributed by atoms with Gasteiger partial charge in [-0.25, -0.2) is 14.4 Å². The number of halogens is 1. The Labute approximate surface area is 187 Å². The second-order valence-corrected chi connectivity index (χ2v) is 7.95. The van der Waals surface area contributed by atoms with Crippen LogP contribution in [0, 0.1) is 5.82 Å². The minimum absolute atomic E-state index is 0.157. The third-order valence-electron chi connectivity index (χ3n) is 5.67. The van der Waals surface area contributed by atoms with Gasteiger partial charge in [-0.05, 0) is 35.7 Å². The number of aryl methyl sites for hydroxylation is 1. The molecule has 1 aliphatic heterocycles. The standard InChI is InChI=1S/C24H18FN7O/c1-32-12-15(9-28-32)19-3-2-13-4-5-27-23(21(13)29-19)24-30-20-11-26-10-18(22(20)31-24)14-6-16(25)8-17(33)7-14/h2-3,6-12,33H,4-5H2,1H3,(H,30,31). The Morgan fingerprint density at radius 3 is 2.79 bits per heavy atom. The van der Waals surface area contributed by atoms with E-state index >= 15 is 0 Å². The highest BCUT2D eigenvalue weighted by atomic mass is 19.1. The number of fused-ring (bicyclic) bond motifs is 2. The van der Waals surface area contributed by atoms with Gasteiger partial charge in [0.25, 0.3) is 0 Å². The molecule has 0 fully saturated rings. The molecular formula is C24H18FN7O. The van der Waals surface area contributed by atoms with E-state index in [1.54, 1.807) is 23.3 Å². The first-order valence-corrected chi connectivity index (χ1v) is 10.4. The van der Waals surface area contributed by atoms with Crippen molar-refractivity contribution < 1.29 is 9.50 Å². The summed E-state index contributed by atoms with van der Waals surface area (Å²) in [6.07, 6.45) is 7.77. The number of H-pyrrole nitrogens is 1. The van der Waals surface area contributed by atoms with Gasteiger partial charge in [0.2, 0.25) is 0 Å². The number of rotatable bonds is 3. The van der Waals surface area contributed by atoms with Crippen LogP contribution < -0.4 is 0 Å². The van der Waals surface area contributed by atoms with Crippen LogP contribution in [-0.4, -0.2) is 47.1 Å². The number of pyridine rings is 2. The lowest BCUT2D eigenvalue weighted by molar-refractivity contribution is 0.469. The molecule has 0 bridgehead atoms. The van der Waals surface area contributed by atoms with E-state index in [0.717, 1.165) is 35.0 Å². The van der Waals surface area contributed by atoms with Crippen LogP contribution in [0.25, 0.3) is 33.4 Å². The lowest BCUT2D eigenvalue weighted by Crippen LogP contribution is -2.17. The average molecular weight is 439 g/mol. The second kappa shape index (κ2) is 7.33. The van der Waals surface area contributed by atoms with Crippen molar-refractivity contribution in [1.29, 1.82) is 0 Å². The topological polar surface area (TPSA) is 105 Å². The van der Waals surface area contributed by atoms with Gasteiger partial charge in [-0.15, -0.1) is 0 Å². The predicted molar refractivity (Wildman–Crippen MR) is 122 cm³/mol. The van der Waals surface area contributed by atoms with Gasteiger partial charge in [0.05, 0.1) is 34.8 Å². The van der Waals surface area contributed by atoms with Crippen LogP contribution in [0.4, 0.5) is 4.39 Å². The summed E-state index contributed by atoms with van der Waals surface area (Å²) in [6.45, 7) is 0.635. The number of aromatic amines is 1. The van der Waals surface area contributed by atoms with Gasteiger partial charge in [0, 0.05) is 43.2 Å². The number of hydrogen-bond donors (Lipinski definition) is 2. The zero-order valence-electron chi connectivity index (χ0n) is 17.6. The van der Waals surface area contributed by atoms with Crippen molar-refractivity contribution in [3.8, 4) is 28.1 Å². The minimum Gasteiger partial charge on any atom is -0.508 e. The van der Waals surface area contributed by atoms with Crippen LogP contribution in [0.3, 0.4) is 0 Å². The average Bonchev–Trinajstić information content (AvgIpc) is 3.43. The molecule has 0 amide bonds. The normalized spacial score (nSPS) is 13.2. The molecular weight excluding hydrogens is 421 g/mol. The van der Waals surface area contributed by atoms with Gasteiger partial charge in [0.15, 0.2) is 5.82 Å². The van der Waals surface area contributed by atoms with Crippen LogP contribution in [0.1, 0.15) is 17.1 Å². The summed E-state index contributed by atoms with van der Waals surface area (Å²) in [7, 11) is 1.87. The molecule has 4 aromatic heterocycles. The van der Waals surface area contributed by atoms with Crippen LogP contribution in [-0.2, 0) is 13.5 Å². The van der Waals surface area contributed by atoms with Gasteiger partial charge in [-0.1, -0.05) is 6.07 Å². The number of aromatic nitrogens is 6. The summed E-state index contributed by atoms with van der Waals surface area (Å²) >= 11 is 0. The minimum atomic E-state index is -0.532. The molecule has 9 heteroatoms. The Balaban J connectivity index is 1.48. The van der Waals surface area contributed by atoms with Crippen LogP contribution >= 0.6 is 0 Å². The molecule has 0 spiro atoms. The first-order valence-electron chi connectivity index (χ1n) is 10.4. The number of phenolic OH excluding ortho intramolecular Hbond substituents is 1. The second-order valence-electron chi connectivity index (χ2n) is 7.95. The van der Waals surface area contributed by atoms with Crippen LogP contribution in [0.5, 0.6) is 5.75 Å². The number of phenols is 1. The largest absolute Gasteiger partial charge is 0.508 e. The lowest BCUT2D eigenvalue weighted by atomic mass is 10.0. The summed E-state index contributed by atoms with van der Waals surface area (Å²) in [6, 6.07) is 7.97. The highest BCUT2D eigenvalue weighted by Gasteiger charge is 2.22. The maximum atomic E-state index is 13.9. The first-order chi connectivity index (χ1) is 16.0. The molecule has 0 aliphatic carbocycles. The van der Waals surface area contributed by atoms with Gasteiger partial charge in [-0.2, -0.15) is 5.10 Å². The summed E-state index contributed by atoms with van der Waals surface area (Å²) in [5.74, 6) is -0.123. The van der Waals surface area contributed by atoms with Crippen molar-refractivity contribution >= 4 is 16.7 Å². The van der Waals surface area contributed by atoms with Crippen LogP contribution in [0.2, 0.25) is 0 Å². The Morgan fingerprint density at radius 2 is 1.97 bits per heavy atom. The number of aliphatic imine (C=N–C) groups is 1. The smallest absolute Gasteiger partial charge is 0.159 e. The number of aromatic hydroxyl groups is 1. The van der Waals surface area contributed by atoms with Gasteiger partial charge in [0.1, 0.15) is 17.3 Å². The van der Waals surface area contributed by atoms with Crippen LogP contribution in [0.15, 0.2) is 60.1 Å². The summed E-state index contributed by atoms with van der Waals surface area (Å²) in [4.78, 5) is 22.0. The molecule has 0 atom stereocenters. The maximum Gasteiger partial charge on any atom is 0.159 e. The molecule has 2 N–H and O–H groups in total. The van der Waals surface area contributed by atoms with Crippen molar-refractivity contribution in [2.24, 2.45) is 12.0 Å². The SMILES string of the molecule is Cn1cc(-c2ccc3c(n2)C(c2nc4c(-c5cc(O)cc(F)c5)cncc4[nH]2)=NCC3)cn1. The number of imidazole rings is 1. The van der Waals surface area contributed by atoms with E-state index in [4.69, 9.17) is 15.0 Å². The van der Waals surface area contributed by atoms with E-state index in [9.17, 15) is 9.50 Å².